The van der Waals surface area contributed by atoms with E-state index in [9.17, 15) is 4.39 Å². The fraction of sp³-hybridized carbons (Fsp3) is 0.400. The van der Waals surface area contributed by atoms with Crippen LogP contribution in [0.2, 0.25) is 5.02 Å². The van der Waals surface area contributed by atoms with Gasteiger partial charge in [-0.15, -0.1) is 0 Å². The minimum absolute atomic E-state index is 0.172. The highest BCUT2D eigenvalue weighted by Gasteiger charge is 2.13. The van der Waals surface area contributed by atoms with Crippen molar-refractivity contribution < 1.29 is 4.39 Å². The van der Waals surface area contributed by atoms with Crippen LogP contribution in [0.25, 0.3) is 11.1 Å². The SMILES string of the molecule is CN1CCN(CCCc2ccccc2-c2ccc(Cl)c(F)c2)CC1. The number of rotatable bonds is 5. The lowest BCUT2D eigenvalue weighted by Gasteiger charge is -2.32. The number of hydrogen-bond donors (Lipinski definition) is 0. The highest BCUT2D eigenvalue weighted by molar-refractivity contribution is 6.30. The van der Waals surface area contributed by atoms with Gasteiger partial charge in [0.2, 0.25) is 0 Å². The van der Waals surface area contributed by atoms with Crippen LogP contribution >= 0.6 is 11.6 Å². The van der Waals surface area contributed by atoms with Crippen LogP contribution in [0.3, 0.4) is 0 Å². The molecule has 0 radical (unpaired) electrons. The molecule has 0 N–H and O–H groups in total. The summed E-state index contributed by atoms with van der Waals surface area (Å²) in [6.07, 6.45) is 2.13. The average molecular weight is 347 g/mol. The molecule has 0 bridgehead atoms. The molecule has 3 rings (SSSR count). The van der Waals surface area contributed by atoms with Gasteiger partial charge in [0.1, 0.15) is 5.82 Å². The summed E-state index contributed by atoms with van der Waals surface area (Å²) >= 11 is 5.80. The van der Waals surface area contributed by atoms with Crippen LogP contribution < -0.4 is 0 Å². The third-order valence-electron chi connectivity index (χ3n) is 4.76. The highest BCUT2D eigenvalue weighted by Crippen LogP contribution is 2.28. The predicted molar refractivity (Wildman–Crippen MR) is 99.1 cm³/mol. The predicted octanol–water partition coefficient (Wildman–Crippen LogP) is 4.33. The van der Waals surface area contributed by atoms with E-state index in [4.69, 9.17) is 11.6 Å². The summed E-state index contributed by atoms with van der Waals surface area (Å²) in [6.45, 7) is 5.74. The molecule has 0 amide bonds. The van der Waals surface area contributed by atoms with Crippen molar-refractivity contribution in [3.8, 4) is 11.1 Å². The van der Waals surface area contributed by atoms with Crippen LogP contribution in [-0.4, -0.2) is 49.6 Å². The molecule has 0 atom stereocenters. The molecule has 1 fully saturated rings. The Labute approximate surface area is 148 Å². The average Bonchev–Trinajstić information content (AvgIpc) is 2.60. The van der Waals surface area contributed by atoms with Gasteiger partial charge in [-0.05, 0) is 55.3 Å². The van der Waals surface area contributed by atoms with Crippen LogP contribution in [0.4, 0.5) is 4.39 Å². The van der Waals surface area contributed by atoms with Crippen LogP contribution in [-0.2, 0) is 6.42 Å². The van der Waals surface area contributed by atoms with Crippen molar-refractivity contribution in [1.29, 1.82) is 0 Å². The van der Waals surface area contributed by atoms with Crippen LogP contribution in [0, 0.1) is 5.82 Å². The fourth-order valence-corrected chi connectivity index (χ4v) is 3.37. The summed E-state index contributed by atoms with van der Waals surface area (Å²) in [5.41, 5.74) is 3.27. The van der Waals surface area contributed by atoms with Crippen molar-refractivity contribution in [3.63, 3.8) is 0 Å². The van der Waals surface area contributed by atoms with Crippen molar-refractivity contribution in [2.24, 2.45) is 0 Å². The Balaban J connectivity index is 1.65. The number of hydrogen-bond acceptors (Lipinski definition) is 2. The standard InChI is InChI=1S/C20H24ClFN2/c1-23-11-13-24(14-12-23)10-4-6-16-5-2-3-7-18(16)17-8-9-19(21)20(22)15-17/h2-3,5,7-9,15H,4,6,10-14H2,1H3. The smallest absolute Gasteiger partial charge is 0.142 e. The largest absolute Gasteiger partial charge is 0.304 e. The van der Waals surface area contributed by atoms with Crippen molar-refractivity contribution in [3.05, 3.63) is 58.9 Å². The zero-order chi connectivity index (χ0) is 16.9. The molecule has 2 aromatic carbocycles. The number of aryl methyl sites for hydroxylation is 1. The first kappa shape index (κ1) is 17.4. The monoisotopic (exact) mass is 346 g/mol. The van der Waals surface area contributed by atoms with Gasteiger partial charge in [-0.2, -0.15) is 0 Å². The third kappa shape index (κ3) is 4.35. The molecule has 1 heterocycles. The molecule has 0 spiro atoms. The van der Waals surface area contributed by atoms with Gasteiger partial charge < -0.3 is 9.80 Å². The van der Waals surface area contributed by atoms with Crippen molar-refractivity contribution >= 4 is 11.6 Å². The molecule has 128 valence electrons. The molecule has 24 heavy (non-hydrogen) atoms. The van der Waals surface area contributed by atoms with E-state index in [2.05, 4.69) is 35.0 Å². The molecule has 2 aromatic rings. The van der Waals surface area contributed by atoms with Gasteiger partial charge in [-0.25, -0.2) is 4.39 Å². The van der Waals surface area contributed by atoms with Gasteiger partial charge in [-0.1, -0.05) is 41.9 Å². The maximum atomic E-state index is 13.8. The van der Waals surface area contributed by atoms with E-state index in [-0.39, 0.29) is 10.8 Å². The number of piperazine rings is 1. The fourth-order valence-electron chi connectivity index (χ4n) is 3.25. The highest BCUT2D eigenvalue weighted by atomic mass is 35.5. The number of nitrogens with zero attached hydrogens (tertiary/aromatic N) is 2. The number of benzene rings is 2. The van der Waals surface area contributed by atoms with Gasteiger partial charge in [0.05, 0.1) is 5.02 Å². The summed E-state index contributed by atoms with van der Waals surface area (Å²) in [5.74, 6) is -0.360. The molecular weight excluding hydrogens is 323 g/mol. The summed E-state index contributed by atoms with van der Waals surface area (Å²) in [5, 5.41) is 0.172. The lowest BCUT2D eigenvalue weighted by molar-refractivity contribution is 0.153. The Bertz CT molecular complexity index is 681. The van der Waals surface area contributed by atoms with Crippen molar-refractivity contribution in [1.82, 2.24) is 9.80 Å². The molecule has 0 aromatic heterocycles. The van der Waals surface area contributed by atoms with E-state index >= 15 is 0 Å². The summed E-state index contributed by atoms with van der Waals surface area (Å²) in [7, 11) is 2.18. The maximum absolute atomic E-state index is 13.8. The van der Waals surface area contributed by atoms with E-state index in [1.165, 1.54) is 11.6 Å². The van der Waals surface area contributed by atoms with Crippen LogP contribution in [0.15, 0.2) is 42.5 Å². The molecule has 2 nitrogen and oxygen atoms in total. The zero-order valence-corrected chi connectivity index (χ0v) is 14.9. The van der Waals surface area contributed by atoms with Gasteiger partial charge in [0.25, 0.3) is 0 Å². The molecule has 0 saturated carbocycles. The van der Waals surface area contributed by atoms with Gasteiger partial charge in [-0.3, -0.25) is 0 Å². The van der Waals surface area contributed by atoms with Gasteiger partial charge >= 0.3 is 0 Å². The molecule has 1 saturated heterocycles. The zero-order valence-electron chi connectivity index (χ0n) is 14.1. The summed E-state index contributed by atoms with van der Waals surface area (Å²) < 4.78 is 13.8. The van der Waals surface area contributed by atoms with Gasteiger partial charge in [0, 0.05) is 26.2 Å². The number of halogens is 2. The van der Waals surface area contributed by atoms with Crippen LogP contribution in [0.1, 0.15) is 12.0 Å². The lowest BCUT2D eigenvalue weighted by Crippen LogP contribution is -2.44. The summed E-state index contributed by atoms with van der Waals surface area (Å²) in [4.78, 5) is 4.91. The summed E-state index contributed by atoms with van der Waals surface area (Å²) in [6, 6.07) is 13.3. The van der Waals surface area contributed by atoms with Gasteiger partial charge in [0.15, 0.2) is 0 Å². The second-order valence-electron chi connectivity index (χ2n) is 6.53. The molecule has 4 heteroatoms. The van der Waals surface area contributed by atoms with E-state index in [1.807, 2.05) is 12.1 Å². The molecule has 1 aliphatic heterocycles. The van der Waals surface area contributed by atoms with E-state index < -0.39 is 0 Å². The Morgan fingerprint density at radius 2 is 1.79 bits per heavy atom. The third-order valence-corrected chi connectivity index (χ3v) is 5.07. The molecular formula is C20H24ClFN2. The lowest BCUT2D eigenvalue weighted by atomic mass is 9.96. The van der Waals surface area contributed by atoms with Crippen molar-refractivity contribution in [2.75, 3.05) is 39.8 Å². The Morgan fingerprint density at radius 3 is 2.54 bits per heavy atom. The number of likely N-dealkylation sites (N-methyl/N-ethyl adjacent to an activating group) is 1. The molecule has 0 aliphatic carbocycles. The quantitative estimate of drug-likeness (QED) is 0.795. The molecule has 1 aliphatic rings. The normalized spacial score (nSPS) is 16.5. The Hall–Kier alpha value is -1.42. The van der Waals surface area contributed by atoms with E-state index in [1.54, 1.807) is 6.07 Å². The maximum Gasteiger partial charge on any atom is 0.142 e. The van der Waals surface area contributed by atoms with E-state index in [0.29, 0.717) is 0 Å². The minimum Gasteiger partial charge on any atom is -0.304 e. The Morgan fingerprint density at radius 1 is 1.04 bits per heavy atom. The van der Waals surface area contributed by atoms with Crippen molar-refractivity contribution in [2.45, 2.75) is 12.8 Å². The second kappa shape index (κ2) is 8.11. The second-order valence-corrected chi connectivity index (χ2v) is 6.94. The Kier molecular flexibility index (Phi) is 5.88. The first-order valence-electron chi connectivity index (χ1n) is 8.58. The first-order chi connectivity index (χ1) is 11.6. The van der Waals surface area contributed by atoms with Crippen LogP contribution in [0.5, 0.6) is 0 Å². The minimum atomic E-state index is -0.360. The van der Waals surface area contributed by atoms with E-state index in [0.717, 1.165) is 56.7 Å². The topological polar surface area (TPSA) is 6.48 Å². The first-order valence-corrected chi connectivity index (χ1v) is 8.95. The molecule has 0 unspecified atom stereocenters.